The third-order valence-electron chi connectivity index (χ3n) is 2.84. The summed E-state index contributed by atoms with van der Waals surface area (Å²) in [5.41, 5.74) is 0.729. The third-order valence-corrected chi connectivity index (χ3v) is 3.16. The number of nitrogens with zero attached hydrogens (tertiary/aromatic N) is 1. The first-order valence-corrected chi connectivity index (χ1v) is 6.23. The van der Waals surface area contributed by atoms with Crippen molar-refractivity contribution < 1.29 is 14.7 Å². The molecule has 0 aliphatic rings. The number of carboxylic acids is 1. The second-order valence-corrected chi connectivity index (χ2v) is 4.73. The Morgan fingerprint density at radius 2 is 2.05 bits per heavy atom. The Labute approximate surface area is 121 Å². The minimum absolute atomic E-state index is 0.234. The molecule has 0 aliphatic heterocycles. The summed E-state index contributed by atoms with van der Waals surface area (Å²) in [5.74, 6) is -1.70. The standard InChI is InChI=1S/C13H14ClN3O3/c1-7(12(18)19)8(2)16-13(20)17-11-4-3-9(6-15)5-10(11)14/h3-5,7-8H,1-2H3,(H,18,19)(H2,16,17,20). The molecule has 0 radical (unpaired) electrons. The van der Waals surface area contributed by atoms with Gasteiger partial charge in [-0.15, -0.1) is 0 Å². The van der Waals surface area contributed by atoms with E-state index >= 15 is 0 Å². The number of hydrogen-bond donors (Lipinski definition) is 3. The van der Waals surface area contributed by atoms with Gasteiger partial charge in [0.25, 0.3) is 0 Å². The highest BCUT2D eigenvalue weighted by Crippen LogP contribution is 2.22. The molecule has 2 unspecified atom stereocenters. The monoisotopic (exact) mass is 295 g/mol. The zero-order chi connectivity index (χ0) is 15.3. The number of rotatable bonds is 4. The summed E-state index contributed by atoms with van der Waals surface area (Å²) in [7, 11) is 0. The Morgan fingerprint density at radius 1 is 1.40 bits per heavy atom. The lowest BCUT2D eigenvalue weighted by Crippen LogP contribution is -2.42. The number of aliphatic carboxylic acids is 1. The predicted molar refractivity (Wildman–Crippen MR) is 74.6 cm³/mol. The van der Waals surface area contributed by atoms with Crippen molar-refractivity contribution in [3.63, 3.8) is 0 Å². The SMILES string of the molecule is CC(NC(=O)Nc1ccc(C#N)cc1Cl)C(C)C(=O)O. The Hall–Kier alpha value is -2.26. The van der Waals surface area contributed by atoms with Crippen LogP contribution in [0.4, 0.5) is 10.5 Å². The van der Waals surface area contributed by atoms with E-state index in [0.717, 1.165) is 0 Å². The normalized spacial score (nSPS) is 12.9. The van der Waals surface area contributed by atoms with Crippen molar-refractivity contribution in [2.45, 2.75) is 19.9 Å². The molecule has 0 aliphatic carbocycles. The molecule has 20 heavy (non-hydrogen) atoms. The van der Waals surface area contributed by atoms with Gasteiger partial charge in [-0.05, 0) is 32.0 Å². The van der Waals surface area contributed by atoms with Gasteiger partial charge >= 0.3 is 12.0 Å². The summed E-state index contributed by atoms with van der Waals surface area (Å²) in [5, 5.41) is 22.8. The minimum atomic E-state index is -0.991. The van der Waals surface area contributed by atoms with Gasteiger partial charge in [0.1, 0.15) is 0 Å². The Balaban J connectivity index is 2.68. The van der Waals surface area contributed by atoms with E-state index < -0.39 is 24.0 Å². The van der Waals surface area contributed by atoms with E-state index in [0.29, 0.717) is 11.3 Å². The first-order chi connectivity index (χ1) is 9.35. The lowest BCUT2D eigenvalue weighted by atomic mass is 10.0. The van der Waals surface area contributed by atoms with Crippen LogP contribution in [0.3, 0.4) is 0 Å². The molecule has 1 rings (SSSR count). The summed E-state index contributed by atoms with van der Waals surface area (Å²) >= 11 is 5.91. The average molecular weight is 296 g/mol. The van der Waals surface area contributed by atoms with Gasteiger partial charge in [-0.1, -0.05) is 11.6 Å². The van der Waals surface area contributed by atoms with Gasteiger partial charge in [-0.2, -0.15) is 5.26 Å². The van der Waals surface area contributed by atoms with E-state index in [4.69, 9.17) is 22.0 Å². The molecule has 3 N–H and O–H groups in total. The van der Waals surface area contributed by atoms with Crippen LogP contribution in [0, 0.1) is 17.2 Å². The van der Waals surface area contributed by atoms with E-state index in [1.54, 1.807) is 6.92 Å². The Bertz CT molecular complexity index is 568. The molecule has 106 valence electrons. The predicted octanol–water partition coefficient (Wildman–Crippen LogP) is 2.44. The number of hydrogen-bond acceptors (Lipinski definition) is 3. The number of nitriles is 1. The number of benzene rings is 1. The second kappa shape index (κ2) is 6.78. The van der Waals surface area contributed by atoms with Crippen LogP contribution in [0.5, 0.6) is 0 Å². The van der Waals surface area contributed by atoms with Crippen molar-refractivity contribution in [1.29, 1.82) is 5.26 Å². The van der Waals surface area contributed by atoms with Gasteiger partial charge in [0.15, 0.2) is 0 Å². The first kappa shape index (κ1) is 15.8. The molecule has 1 aromatic rings. The maximum absolute atomic E-state index is 11.7. The van der Waals surface area contributed by atoms with Crippen LogP contribution in [0.1, 0.15) is 19.4 Å². The molecule has 7 heteroatoms. The number of nitrogens with one attached hydrogen (secondary N) is 2. The topological polar surface area (TPSA) is 102 Å². The number of carbonyl (C=O) groups excluding carboxylic acids is 1. The van der Waals surface area contributed by atoms with Crippen LogP contribution in [0.15, 0.2) is 18.2 Å². The highest BCUT2D eigenvalue weighted by atomic mass is 35.5. The van der Waals surface area contributed by atoms with Crippen molar-refractivity contribution in [3.8, 4) is 6.07 Å². The molecular formula is C13H14ClN3O3. The van der Waals surface area contributed by atoms with Gasteiger partial charge in [0.05, 0.1) is 28.3 Å². The lowest BCUT2D eigenvalue weighted by molar-refractivity contribution is -0.141. The van der Waals surface area contributed by atoms with Crippen LogP contribution in [-0.2, 0) is 4.79 Å². The number of urea groups is 1. The molecule has 1 aromatic carbocycles. The van der Waals surface area contributed by atoms with E-state index in [1.807, 2.05) is 6.07 Å². The van der Waals surface area contributed by atoms with Crippen LogP contribution in [0.2, 0.25) is 5.02 Å². The zero-order valence-electron chi connectivity index (χ0n) is 11.0. The Kier molecular flexibility index (Phi) is 5.35. The summed E-state index contributed by atoms with van der Waals surface area (Å²) < 4.78 is 0. The maximum Gasteiger partial charge on any atom is 0.319 e. The van der Waals surface area contributed by atoms with Crippen LogP contribution in [0.25, 0.3) is 0 Å². The molecule has 0 heterocycles. The number of amides is 2. The fraction of sp³-hybridized carbons (Fsp3) is 0.308. The summed E-state index contributed by atoms with van der Waals surface area (Å²) in [4.78, 5) is 22.5. The highest BCUT2D eigenvalue weighted by Gasteiger charge is 2.21. The quantitative estimate of drug-likeness (QED) is 0.794. The third kappa shape index (κ3) is 4.14. The largest absolute Gasteiger partial charge is 0.481 e. The second-order valence-electron chi connectivity index (χ2n) is 4.32. The zero-order valence-corrected chi connectivity index (χ0v) is 11.7. The molecule has 2 amide bonds. The van der Waals surface area contributed by atoms with E-state index in [2.05, 4.69) is 10.6 Å². The fourth-order valence-corrected chi connectivity index (χ4v) is 1.62. The molecule has 0 saturated heterocycles. The van der Waals surface area contributed by atoms with Crippen LogP contribution < -0.4 is 10.6 Å². The number of carboxylic acid groups (broad SMARTS) is 1. The maximum atomic E-state index is 11.7. The van der Waals surface area contributed by atoms with Gasteiger partial charge in [0, 0.05) is 6.04 Å². The minimum Gasteiger partial charge on any atom is -0.481 e. The van der Waals surface area contributed by atoms with E-state index in [1.165, 1.54) is 25.1 Å². The van der Waals surface area contributed by atoms with Gasteiger partial charge in [-0.3, -0.25) is 4.79 Å². The van der Waals surface area contributed by atoms with Crippen molar-refractivity contribution in [1.82, 2.24) is 5.32 Å². The molecule has 6 nitrogen and oxygen atoms in total. The molecular weight excluding hydrogens is 282 g/mol. The van der Waals surface area contributed by atoms with Gasteiger partial charge < -0.3 is 15.7 Å². The van der Waals surface area contributed by atoms with Gasteiger partial charge in [-0.25, -0.2) is 4.79 Å². The van der Waals surface area contributed by atoms with Crippen molar-refractivity contribution in [3.05, 3.63) is 28.8 Å². The van der Waals surface area contributed by atoms with Crippen molar-refractivity contribution in [2.24, 2.45) is 5.92 Å². The molecule has 0 spiro atoms. The van der Waals surface area contributed by atoms with Crippen LogP contribution in [-0.4, -0.2) is 23.1 Å². The van der Waals surface area contributed by atoms with Crippen LogP contribution >= 0.6 is 11.6 Å². The number of halogens is 1. The molecule has 0 bridgehead atoms. The summed E-state index contributed by atoms with van der Waals surface area (Å²) in [6, 6.07) is 5.29. The van der Waals surface area contributed by atoms with Crippen molar-refractivity contribution in [2.75, 3.05) is 5.32 Å². The van der Waals surface area contributed by atoms with E-state index in [9.17, 15) is 9.59 Å². The Morgan fingerprint density at radius 3 is 2.55 bits per heavy atom. The highest BCUT2D eigenvalue weighted by molar-refractivity contribution is 6.33. The fourth-order valence-electron chi connectivity index (χ4n) is 1.39. The lowest BCUT2D eigenvalue weighted by Gasteiger charge is -2.18. The molecule has 2 atom stereocenters. The smallest absolute Gasteiger partial charge is 0.319 e. The number of anilines is 1. The summed E-state index contributed by atoms with van der Waals surface area (Å²) in [6.45, 7) is 3.10. The summed E-state index contributed by atoms with van der Waals surface area (Å²) in [6.07, 6.45) is 0. The van der Waals surface area contributed by atoms with Crippen molar-refractivity contribution >= 4 is 29.3 Å². The molecule has 0 aromatic heterocycles. The van der Waals surface area contributed by atoms with Gasteiger partial charge in [0.2, 0.25) is 0 Å². The molecule has 0 fully saturated rings. The first-order valence-electron chi connectivity index (χ1n) is 5.85. The molecule has 0 saturated carbocycles. The van der Waals surface area contributed by atoms with E-state index in [-0.39, 0.29) is 5.02 Å². The number of carbonyl (C=O) groups is 2. The average Bonchev–Trinajstić information content (AvgIpc) is 2.39.